The normalized spacial score (nSPS) is 10.1. The highest BCUT2D eigenvalue weighted by Gasteiger charge is 2.04. The average Bonchev–Trinajstić information content (AvgIpc) is 2.42. The zero-order valence-electron chi connectivity index (χ0n) is 10.6. The quantitative estimate of drug-likeness (QED) is 0.671. The smallest absolute Gasteiger partial charge is 0.251 e. The summed E-state index contributed by atoms with van der Waals surface area (Å²) in [6, 6.07) is 7.00. The zero-order valence-corrected chi connectivity index (χ0v) is 10.6. The average molecular weight is 252 g/mol. The van der Waals surface area contributed by atoms with E-state index in [1.165, 1.54) is 0 Å². The topological polar surface area (TPSA) is 73.6 Å². The molecule has 0 radical (unpaired) electrons. The number of nitrogens with two attached hydrogens (primary N) is 1. The van der Waals surface area contributed by atoms with Crippen molar-refractivity contribution in [3.05, 3.63) is 29.8 Å². The van der Waals surface area contributed by atoms with E-state index in [0.29, 0.717) is 31.9 Å². The van der Waals surface area contributed by atoms with E-state index in [1.54, 1.807) is 31.4 Å². The van der Waals surface area contributed by atoms with Gasteiger partial charge in [-0.05, 0) is 30.7 Å². The molecule has 5 heteroatoms. The van der Waals surface area contributed by atoms with Crippen LogP contribution in [0.1, 0.15) is 16.8 Å². The van der Waals surface area contributed by atoms with Gasteiger partial charge in [0.05, 0.1) is 13.7 Å². The van der Waals surface area contributed by atoms with Crippen molar-refractivity contribution >= 4 is 5.91 Å². The Bertz CT molecular complexity index is 352. The minimum Gasteiger partial charge on any atom is -0.497 e. The van der Waals surface area contributed by atoms with Crippen LogP contribution in [0.15, 0.2) is 24.3 Å². The number of ether oxygens (including phenoxy) is 2. The first-order valence-electron chi connectivity index (χ1n) is 5.98. The Kier molecular flexibility index (Phi) is 6.83. The lowest BCUT2D eigenvalue weighted by Crippen LogP contribution is -2.25. The number of rotatable bonds is 8. The third-order valence-electron chi connectivity index (χ3n) is 2.37. The molecule has 0 heterocycles. The lowest BCUT2D eigenvalue weighted by atomic mass is 10.2. The number of carbonyl (C=O) groups excluding carboxylic acids is 1. The second-order valence-corrected chi connectivity index (χ2v) is 3.74. The fourth-order valence-electron chi connectivity index (χ4n) is 1.41. The molecule has 0 bridgehead atoms. The van der Waals surface area contributed by atoms with Gasteiger partial charge in [0.1, 0.15) is 5.75 Å². The molecule has 1 aromatic carbocycles. The maximum absolute atomic E-state index is 11.7. The predicted molar refractivity (Wildman–Crippen MR) is 69.8 cm³/mol. The van der Waals surface area contributed by atoms with E-state index < -0.39 is 0 Å². The fourth-order valence-corrected chi connectivity index (χ4v) is 1.41. The summed E-state index contributed by atoms with van der Waals surface area (Å²) in [5, 5.41) is 2.82. The van der Waals surface area contributed by atoms with Crippen molar-refractivity contribution in [3.8, 4) is 5.75 Å². The highest BCUT2D eigenvalue weighted by Crippen LogP contribution is 2.10. The minimum atomic E-state index is -0.0866. The van der Waals surface area contributed by atoms with Gasteiger partial charge in [-0.2, -0.15) is 0 Å². The number of methoxy groups -OCH3 is 1. The number of benzene rings is 1. The highest BCUT2D eigenvalue weighted by molar-refractivity contribution is 5.94. The molecule has 0 fully saturated rings. The molecular weight excluding hydrogens is 232 g/mol. The van der Waals surface area contributed by atoms with Gasteiger partial charge in [-0.1, -0.05) is 0 Å². The van der Waals surface area contributed by atoms with Crippen molar-refractivity contribution in [2.75, 3.05) is 33.4 Å². The molecule has 0 spiro atoms. The largest absolute Gasteiger partial charge is 0.497 e. The van der Waals surface area contributed by atoms with Crippen LogP contribution in [0, 0.1) is 0 Å². The summed E-state index contributed by atoms with van der Waals surface area (Å²) in [5.74, 6) is 0.651. The maximum atomic E-state index is 11.7. The number of carbonyl (C=O) groups is 1. The van der Waals surface area contributed by atoms with Crippen LogP contribution in [0.25, 0.3) is 0 Å². The molecule has 0 aliphatic heterocycles. The third-order valence-corrected chi connectivity index (χ3v) is 2.37. The number of hydrogen-bond donors (Lipinski definition) is 2. The Morgan fingerprint density at radius 2 is 2.00 bits per heavy atom. The van der Waals surface area contributed by atoms with Crippen molar-refractivity contribution in [2.45, 2.75) is 6.42 Å². The van der Waals surface area contributed by atoms with Gasteiger partial charge in [0.25, 0.3) is 5.91 Å². The zero-order chi connectivity index (χ0) is 13.2. The van der Waals surface area contributed by atoms with E-state index in [-0.39, 0.29) is 5.91 Å². The lowest BCUT2D eigenvalue weighted by Gasteiger charge is -2.06. The second-order valence-electron chi connectivity index (χ2n) is 3.74. The van der Waals surface area contributed by atoms with Gasteiger partial charge >= 0.3 is 0 Å². The van der Waals surface area contributed by atoms with Crippen LogP contribution in [0.4, 0.5) is 0 Å². The first kappa shape index (κ1) is 14.5. The van der Waals surface area contributed by atoms with Gasteiger partial charge in [-0.15, -0.1) is 0 Å². The van der Waals surface area contributed by atoms with E-state index >= 15 is 0 Å². The van der Waals surface area contributed by atoms with Crippen LogP contribution in [-0.4, -0.2) is 39.3 Å². The maximum Gasteiger partial charge on any atom is 0.251 e. The van der Waals surface area contributed by atoms with Crippen LogP contribution < -0.4 is 15.8 Å². The Morgan fingerprint density at radius 1 is 1.28 bits per heavy atom. The highest BCUT2D eigenvalue weighted by atomic mass is 16.5. The molecule has 0 saturated heterocycles. The molecular formula is C13H20N2O3. The monoisotopic (exact) mass is 252 g/mol. The molecule has 0 aliphatic carbocycles. The molecule has 5 nitrogen and oxygen atoms in total. The van der Waals surface area contributed by atoms with Gasteiger partial charge in [-0.25, -0.2) is 0 Å². The molecule has 1 aromatic rings. The lowest BCUT2D eigenvalue weighted by molar-refractivity contribution is 0.0943. The molecule has 1 amide bonds. The third kappa shape index (κ3) is 5.16. The Morgan fingerprint density at radius 3 is 2.61 bits per heavy atom. The van der Waals surface area contributed by atoms with E-state index in [2.05, 4.69) is 5.32 Å². The Hall–Kier alpha value is -1.59. The van der Waals surface area contributed by atoms with Crippen LogP contribution in [0.2, 0.25) is 0 Å². The molecule has 0 aromatic heterocycles. The minimum absolute atomic E-state index is 0.0866. The van der Waals surface area contributed by atoms with Gasteiger partial charge in [-0.3, -0.25) is 4.79 Å². The standard InChI is InChI=1S/C13H20N2O3/c1-17-12-5-3-11(4-6-12)13(16)15-8-2-9-18-10-7-14/h3-6H,2,7-10,14H2,1H3,(H,15,16). The first-order valence-corrected chi connectivity index (χ1v) is 5.98. The van der Waals surface area contributed by atoms with E-state index in [0.717, 1.165) is 12.2 Å². The molecule has 18 heavy (non-hydrogen) atoms. The summed E-state index contributed by atoms with van der Waals surface area (Å²) in [6.45, 7) is 2.29. The molecule has 0 saturated carbocycles. The molecule has 0 atom stereocenters. The summed E-state index contributed by atoms with van der Waals surface area (Å²) in [4.78, 5) is 11.7. The Balaban J connectivity index is 2.23. The van der Waals surface area contributed by atoms with Crippen molar-refractivity contribution in [1.29, 1.82) is 0 Å². The SMILES string of the molecule is COc1ccc(C(=O)NCCCOCCN)cc1. The van der Waals surface area contributed by atoms with Crippen molar-refractivity contribution in [3.63, 3.8) is 0 Å². The van der Waals surface area contributed by atoms with Crippen LogP contribution >= 0.6 is 0 Å². The van der Waals surface area contributed by atoms with Gasteiger partial charge in [0.15, 0.2) is 0 Å². The van der Waals surface area contributed by atoms with E-state index in [1.807, 2.05) is 0 Å². The van der Waals surface area contributed by atoms with Crippen molar-refractivity contribution < 1.29 is 14.3 Å². The molecule has 0 aliphatic rings. The van der Waals surface area contributed by atoms with Gasteiger partial charge in [0, 0.05) is 25.3 Å². The number of amides is 1. The fraction of sp³-hybridized carbons (Fsp3) is 0.462. The van der Waals surface area contributed by atoms with E-state index in [4.69, 9.17) is 15.2 Å². The first-order chi connectivity index (χ1) is 8.77. The second kappa shape index (κ2) is 8.49. The molecule has 1 rings (SSSR count). The Labute approximate surface area is 107 Å². The van der Waals surface area contributed by atoms with Crippen molar-refractivity contribution in [1.82, 2.24) is 5.32 Å². The van der Waals surface area contributed by atoms with Crippen LogP contribution in [0.5, 0.6) is 5.75 Å². The summed E-state index contributed by atoms with van der Waals surface area (Å²) >= 11 is 0. The van der Waals surface area contributed by atoms with Gasteiger partial charge < -0.3 is 20.5 Å². The van der Waals surface area contributed by atoms with Gasteiger partial charge in [0.2, 0.25) is 0 Å². The summed E-state index contributed by atoms with van der Waals surface area (Å²) in [5.41, 5.74) is 5.91. The van der Waals surface area contributed by atoms with E-state index in [9.17, 15) is 4.79 Å². The summed E-state index contributed by atoms with van der Waals surface area (Å²) in [7, 11) is 1.59. The molecule has 0 unspecified atom stereocenters. The number of hydrogen-bond acceptors (Lipinski definition) is 4. The van der Waals surface area contributed by atoms with Crippen LogP contribution in [-0.2, 0) is 4.74 Å². The molecule has 100 valence electrons. The van der Waals surface area contributed by atoms with Crippen LogP contribution in [0.3, 0.4) is 0 Å². The number of nitrogens with one attached hydrogen (secondary N) is 1. The summed E-state index contributed by atoms with van der Waals surface area (Å²) in [6.07, 6.45) is 0.780. The summed E-state index contributed by atoms with van der Waals surface area (Å²) < 4.78 is 10.2. The molecule has 3 N–H and O–H groups in total. The predicted octanol–water partition coefficient (Wildman–Crippen LogP) is 0.790. The van der Waals surface area contributed by atoms with Crippen molar-refractivity contribution in [2.24, 2.45) is 5.73 Å².